The third-order valence-electron chi connectivity index (χ3n) is 4.12. The molecule has 0 aliphatic carbocycles. The zero-order valence-electron chi connectivity index (χ0n) is 15.0. The van der Waals surface area contributed by atoms with Crippen molar-refractivity contribution in [1.29, 1.82) is 0 Å². The van der Waals surface area contributed by atoms with Crippen LogP contribution in [0, 0.1) is 12.7 Å². The first-order chi connectivity index (χ1) is 12.7. The summed E-state index contributed by atoms with van der Waals surface area (Å²) in [5.74, 6) is 0.609. The molecule has 0 amide bonds. The van der Waals surface area contributed by atoms with Crippen molar-refractivity contribution in [2.24, 2.45) is 0 Å². The Morgan fingerprint density at radius 2 is 1.92 bits per heavy atom. The molecular formula is C20H22FN3O2. The van der Waals surface area contributed by atoms with Crippen LogP contribution in [-0.4, -0.2) is 35.3 Å². The van der Waals surface area contributed by atoms with Gasteiger partial charge in [-0.25, -0.2) is 4.39 Å². The van der Waals surface area contributed by atoms with Crippen molar-refractivity contribution in [2.75, 3.05) is 20.3 Å². The van der Waals surface area contributed by atoms with E-state index in [1.807, 2.05) is 18.2 Å². The van der Waals surface area contributed by atoms with Crippen molar-refractivity contribution < 1.29 is 13.7 Å². The number of aryl methyl sites for hydroxylation is 1. The molecule has 1 heterocycles. The summed E-state index contributed by atoms with van der Waals surface area (Å²) in [6.07, 6.45) is 0. The van der Waals surface area contributed by atoms with Gasteiger partial charge in [0.15, 0.2) is 0 Å². The van der Waals surface area contributed by atoms with Gasteiger partial charge in [0.05, 0.1) is 13.2 Å². The number of rotatable bonds is 8. The van der Waals surface area contributed by atoms with Crippen molar-refractivity contribution >= 4 is 0 Å². The summed E-state index contributed by atoms with van der Waals surface area (Å²) < 4.78 is 24.3. The lowest BCUT2D eigenvalue weighted by atomic mass is 10.1. The Hall–Kier alpha value is -2.57. The van der Waals surface area contributed by atoms with Crippen LogP contribution in [0.4, 0.5) is 4.39 Å². The predicted octanol–water partition coefficient (Wildman–Crippen LogP) is 3.83. The Balaban J connectivity index is 1.72. The van der Waals surface area contributed by atoms with Gasteiger partial charge in [-0.3, -0.25) is 4.90 Å². The standard InChI is InChI=1S/C20H22FN3O2/c1-15-8-9-17(12-18(15)21)20-22-19(26-23-20)14-24(10-11-25-2)13-16-6-4-3-5-7-16/h3-9,12H,10-11,13-14H2,1-2H3. The first-order valence-corrected chi connectivity index (χ1v) is 8.50. The molecule has 5 nitrogen and oxygen atoms in total. The topological polar surface area (TPSA) is 51.4 Å². The SMILES string of the molecule is COCCN(Cc1ccccc1)Cc1nc(-c2ccc(C)c(F)c2)no1. The fraction of sp³-hybridized carbons (Fsp3) is 0.300. The Kier molecular flexibility index (Phi) is 6.09. The number of halogens is 1. The number of hydrogen-bond donors (Lipinski definition) is 0. The molecular weight excluding hydrogens is 333 g/mol. The maximum atomic E-state index is 13.8. The lowest BCUT2D eigenvalue weighted by molar-refractivity contribution is 0.131. The molecule has 0 unspecified atom stereocenters. The highest BCUT2D eigenvalue weighted by molar-refractivity contribution is 5.54. The highest BCUT2D eigenvalue weighted by atomic mass is 19.1. The Morgan fingerprint density at radius 1 is 1.12 bits per heavy atom. The van der Waals surface area contributed by atoms with Crippen LogP contribution in [0.15, 0.2) is 53.1 Å². The molecule has 0 saturated heterocycles. The predicted molar refractivity (Wildman–Crippen MR) is 96.9 cm³/mol. The number of benzene rings is 2. The fourth-order valence-corrected chi connectivity index (χ4v) is 2.64. The molecule has 3 aromatic rings. The summed E-state index contributed by atoms with van der Waals surface area (Å²) in [6.45, 7) is 4.32. The molecule has 136 valence electrons. The molecule has 2 aromatic carbocycles. The fourth-order valence-electron chi connectivity index (χ4n) is 2.64. The lowest BCUT2D eigenvalue weighted by Crippen LogP contribution is -2.26. The van der Waals surface area contributed by atoms with E-state index in [0.717, 1.165) is 13.1 Å². The smallest absolute Gasteiger partial charge is 0.241 e. The van der Waals surface area contributed by atoms with E-state index in [-0.39, 0.29) is 5.82 Å². The van der Waals surface area contributed by atoms with Crippen molar-refractivity contribution in [3.8, 4) is 11.4 Å². The quantitative estimate of drug-likeness (QED) is 0.615. The summed E-state index contributed by atoms with van der Waals surface area (Å²) in [6, 6.07) is 15.1. The van der Waals surface area contributed by atoms with E-state index < -0.39 is 0 Å². The van der Waals surface area contributed by atoms with Crippen LogP contribution in [0.2, 0.25) is 0 Å². The van der Waals surface area contributed by atoms with Gasteiger partial charge in [-0.05, 0) is 24.1 Å². The number of aromatic nitrogens is 2. The lowest BCUT2D eigenvalue weighted by Gasteiger charge is -2.20. The van der Waals surface area contributed by atoms with Gasteiger partial charge in [0, 0.05) is 25.8 Å². The van der Waals surface area contributed by atoms with Gasteiger partial charge in [-0.1, -0.05) is 47.6 Å². The second-order valence-electron chi connectivity index (χ2n) is 6.16. The van der Waals surface area contributed by atoms with E-state index in [1.165, 1.54) is 11.6 Å². The zero-order valence-corrected chi connectivity index (χ0v) is 15.0. The van der Waals surface area contributed by atoms with Crippen LogP contribution in [0.3, 0.4) is 0 Å². The summed E-state index contributed by atoms with van der Waals surface area (Å²) in [5, 5.41) is 3.99. The van der Waals surface area contributed by atoms with Gasteiger partial charge >= 0.3 is 0 Å². The minimum Gasteiger partial charge on any atom is -0.383 e. The highest BCUT2D eigenvalue weighted by Gasteiger charge is 2.14. The van der Waals surface area contributed by atoms with Crippen LogP contribution < -0.4 is 0 Å². The van der Waals surface area contributed by atoms with Gasteiger partial charge in [-0.15, -0.1) is 0 Å². The minimum absolute atomic E-state index is 0.278. The minimum atomic E-state index is -0.278. The summed E-state index contributed by atoms with van der Waals surface area (Å²) in [4.78, 5) is 6.59. The Labute approximate surface area is 152 Å². The molecule has 6 heteroatoms. The Bertz CT molecular complexity index is 836. The molecule has 0 aliphatic heterocycles. The second-order valence-corrected chi connectivity index (χ2v) is 6.16. The van der Waals surface area contributed by atoms with E-state index in [0.29, 0.717) is 36.0 Å². The molecule has 0 saturated carbocycles. The second kappa shape index (κ2) is 8.69. The van der Waals surface area contributed by atoms with Gasteiger partial charge in [-0.2, -0.15) is 4.98 Å². The summed E-state index contributed by atoms with van der Waals surface area (Å²) >= 11 is 0. The highest BCUT2D eigenvalue weighted by Crippen LogP contribution is 2.19. The third kappa shape index (κ3) is 4.74. The van der Waals surface area contributed by atoms with Crippen molar-refractivity contribution in [1.82, 2.24) is 15.0 Å². The molecule has 0 radical (unpaired) electrons. The van der Waals surface area contributed by atoms with Crippen molar-refractivity contribution in [3.05, 3.63) is 71.4 Å². The molecule has 0 bridgehead atoms. The van der Waals surface area contributed by atoms with Crippen LogP contribution in [0.1, 0.15) is 17.0 Å². The van der Waals surface area contributed by atoms with E-state index in [1.54, 1.807) is 26.2 Å². The zero-order chi connectivity index (χ0) is 18.4. The van der Waals surface area contributed by atoms with E-state index in [2.05, 4.69) is 27.2 Å². The van der Waals surface area contributed by atoms with E-state index in [9.17, 15) is 4.39 Å². The molecule has 0 fully saturated rings. The third-order valence-corrected chi connectivity index (χ3v) is 4.12. The molecule has 1 aromatic heterocycles. The molecule has 0 spiro atoms. The molecule has 26 heavy (non-hydrogen) atoms. The van der Waals surface area contributed by atoms with E-state index >= 15 is 0 Å². The molecule has 0 atom stereocenters. The van der Waals surface area contributed by atoms with Gasteiger partial charge in [0.1, 0.15) is 5.82 Å². The summed E-state index contributed by atoms with van der Waals surface area (Å²) in [5.41, 5.74) is 2.39. The first kappa shape index (κ1) is 18.2. The van der Waals surface area contributed by atoms with Crippen molar-refractivity contribution in [3.63, 3.8) is 0 Å². The van der Waals surface area contributed by atoms with E-state index in [4.69, 9.17) is 9.26 Å². The Morgan fingerprint density at radius 3 is 2.65 bits per heavy atom. The van der Waals surface area contributed by atoms with Crippen molar-refractivity contribution in [2.45, 2.75) is 20.0 Å². The molecule has 0 N–H and O–H groups in total. The van der Waals surface area contributed by atoms with Crippen LogP contribution in [0.25, 0.3) is 11.4 Å². The number of nitrogens with zero attached hydrogens (tertiary/aromatic N) is 3. The number of methoxy groups -OCH3 is 1. The molecule has 0 aliphatic rings. The monoisotopic (exact) mass is 355 g/mol. The number of hydrogen-bond acceptors (Lipinski definition) is 5. The largest absolute Gasteiger partial charge is 0.383 e. The van der Waals surface area contributed by atoms with Crippen LogP contribution >= 0.6 is 0 Å². The average molecular weight is 355 g/mol. The van der Waals surface area contributed by atoms with Crippen LogP contribution in [0.5, 0.6) is 0 Å². The van der Waals surface area contributed by atoms with Crippen LogP contribution in [-0.2, 0) is 17.8 Å². The first-order valence-electron chi connectivity index (χ1n) is 8.50. The van der Waals surface area contributed by atoms with Gasteiger partial charge in [0.25, 0.3) is 0 Å². The normalized spacial score (nSPS) is 11.2. The molecule has 3 rings (SSSR count). The maximum absolute atomic E-state index is 13.8. The summed E-state index contributed by atoms with van der Waals surface area (Å²) in [7, 11) is 1.68. The average Bonchev–Trinajstić information content (AvgIpc) is 3.11. The number of ether oxygens (including phenoxy) is 1. The van der Waals surface area contributed by atoms with Gasteiger partial charge in [0.2, 0.25) is 11.7 Å². The maximum Gasteiger partial charge on any atom is 0.241 e. The van der Waals surface area contributed by atoms with Gasteiger partial charge < -0.3 is 9.26 Å².